The second-order valence-electron chi connectivity index (χ2n) is 6.24. The molecule has 0 aliphatic rings. The summed E-state index contributed by atoms with van der Waals surface area (Å²) in [5, 5.41) is 13.7. The van der Waals surface area contributed by atoms with Crippen LogP contribution in [0.3, 0.4) is 0 Å². The first-order valence-corrected chi connectivity index (χ1v) is 11.0. The van der Waals surface area contributed by atoms with E-state index < -0.39 is 43.8 Å². The molecule has 31 heavy (non-hydrogen) atoms. The van der Waals surface area contributed by atoms with Gasteiger partial charge in [-0.05, 0) is 36.4 Å². The maximum atomic E-state index is 14.1. The van der Waals surface area contributed by atoms with Crippen molar-refractivity contribution < 1.29 is 22.5 Å². The third kappa shape index (κ3) is 5.06. The molecule has 0 aromatic heterocycles. The molecule has 160 valence electrons. The number of carbonyl (C=O) groups excluding carboxylic acids is 1. The van der Waals surface area contributed by atoms with Crippen molar-refractivity contribution >= 4 is 48.9 Å². The quantitative estimate of drug-likeness (QED) is 0.378. The Hall–Kier alpha value is -3.31. The van der Waals surface area contributed by atoms with Gasteiger partial charge >= 0.3 is 0 Å². The second kappa shape index (κ2) is 9.23. The van der Waals surface area contributed by atoms with Gasteiger partial charge in [-0.15, -0.1) is 0 Å². The number of rotatable bonds is 7. The van der Waals surface area contributed by atoms with Gasteiger partial charge in [0.05, 0.1) is 16.3 Å². The van der Waals surface area contributed by atoms with E-state index in [1.807, 2.05) is 0 Å². The van der Waals surface area contributed by atoms with E-state index in [1.165, 1.54) is 36.4 Å². The van der Waals surface area contributed by atoms with E-state index >= 15 is 0 Å². The number of halogens is 2. The third-order valence-electron chi connectivity index (χ3n) is 4.17. The van der Waals surface area contributed by atoms with Crippen molar-refractivity contribution in [2.24, 2.45) is 0 Å². The molecule has 1 amide bonds. The SMILES string of the molecule is O=C(CN(c1ccccc1)S(=O)(=O)c1ccccc1[N+](=O)[O-])Nc1ccc(Br)cc1F. The average Bonchev–Trinajstić information content (AvgIpc) is 2.74. The Morgan fingerprint density at radius 1 is 1.06 bits per heavy atom. The molecular weight excluding hydrogens is 493 g/mol. The van der Waals surface area contributed by atoms with Crippen molar-refractivity contribution in [2.75, 3.05) is 16.2 Å². The number of nitrogens with one attached hydrogen (secondary N) is 1. The van der Waals surface area contributed by atoms with Crippen LogP contribution in [-0.2, 0) is 14.8 Å². The summed E-state index contributed by atoms with van der Waals surface area (Å²) in [7, 11) is -4.50. The highest BCUT2D eigenvalue weighted by Crippen LogP contribution is 2.30. The number of nitro benzene ring substituents is 1. The number of sulfonamides is 1. The van der Waals surface area contributed by atoms with Crippen LogP contribution in [-0.4, -0.2) is 25.8 Å². The number of para-hydroxylation sites is 2. The molecule has 1 N–H and O–H groups in total. The number of nitrogens with zero attached hydrogens (tertiary/aromatic N) is 2. The van der Waals surface area contributed by atoms with Gasteiger partial charge in [0.25, 0.3) is 15.7 Å². The van der Waals surface area contributed by atoms with Crippen LogP contribution in [0.2, 0.25) is 0 Å². The molecular formula is C20H15BrFN3O5S. The molecule has 0 bridgehead atoms. The summed E-state index contributed by atoms with van der Waals surface area (Å²) in [6.07, 6.45) is 0. The average molecular weight is 508 g/mol. The Morgan fingerprint density at radius 2 is 1.71 bits per heavy atom. The topological polar surface area (TPSA) is 110 Å². The third-order valence-corrected chi connectivity index (χ3v) is 6.48. The van der Waals surface area contributed by atoms with Gasteiger partial charge in [0.15, 0.2) is 4.90 Å². The fraction of sp³-hybridized carbons (Fsp3) is 0.0500. The molecule has 0 spiro atoms. The highest BCUT2D eigenvalue weighted by Gasteiger charge is 2.33. The van der Waals surface area contributed by atoms with Crippen LogP contribution in [0.1, 0.15) is 0 Å². The molecule has 0 aliphatic carbocycles. The van der Waals surface area contributed by atoms with E-state index in [-0.39, 0.29) is 11.4 Å². The van der Waals surface area contributed by atoms with Crippen LogP contribution in [0, 0.1) is 15.9 Å². The standard InChI is InChI=1S/C20H15BrFN3O5S/c21-14-10-11-17(16(22)12-14)23-20(26)13-24(15-6-2-1-3-7-15)31(29,30)19-9-5-4-8-18(19)25(27)28/h1-12H,13H2,(H,23,26). The molecule has 3 rings (SSSR count). The molecule has 0 heterocycles. The number of benzene rings is 3. The lowest BCUT2D eigenvalue weighted by Crippen LogP contribution is -2.38. The molecule has 0 aliphatic heterocycles. The van der Waals surface area contributed by atoms with Crippen LogP contribution in [0.15, 0.2) is 82.2 Å². The van der Waals surface area contributed by atoms with Gasteiger partial charge in [-0.3, -0.25) is 19.2 Å². The van der Waals surface area contributed by atoms with E-state index in [2.05, 4.69) is 21.2 Å². The summed E-state index contributed by atoms with van der Waals surface area (Å²) in [5.74, 6) is -1.54. The molecule has 0 fully saturated rings. The van der Waals surface area contributed by atoms with Crippen molar-refractivity contribution in [3.63, 3.8) is 0 Å². The minimum absolute atomic E-state index is 0.118. The van der Waals surface area contributed by atoms with Gasteiger partial charge in [0.1, 0.15) is 12.4 Å². The lowest BCUT2D eigenvalue weighted by Gasteiger charge is -2.24. The number of nitro groups is 1. The Bertz CT molecular complexity index is 1240. The predicted molar refractivity (Wildman–Crippen MR) is 117 cm³/mol. The molecule has 8 nitrogen and oxygen atoms in total. The molecule has 0 unspecified atom stereocenters. The summed E-state index contributed by atoms with van der Waals surface area (Å²) in [6.45, 7) is -0.728. The lowest BCUT2D eigenvalue weighted by atomic mass is 10.3. The Balaban J connectivity index is 2.00. The van der Waals surface area contributed by atoms with E-state index in [0.717, 1.165) is 22.5 Å². The Labute approximate surface area is 185 Å². The summed E-state index contributed by atoms with van der Waals surface area (Å²) in [4.78, 5) is 22.6. The fourth-order valence-corrected chi connectivity index (χ4v) is 4.68. The maximum Gasteiger partial charge on any atom is 0.289 e. The van der Waals surface area contributed by atoms with Crippen molar-refractivity contribution in [3.8, 4) is 0 Å². The summed E-state index contributed by atoms with van der Waals surface area (Å²) in [6, 6.07) is 16.5. The molecule has 0 saturated heterocycles. The first kappa shape index (κ1) is 22.4. The van der Waals surface area contributed by atoms with Crippen molar-refractivity contribution in [1.82, 2.24) is 0 Å². The zero-order valence-corrected chi connectivity index (χ0v) is 18.1. The van der Waals surface area contributed by atoms with Crippen molar-refractivity contribution in [2.45, 2.75) is 4.90 Å². The highest BCUT2D eigenvalue weighted by atomic mass is 79.9. The number of carbonyl (C=O) groups is 1. The maximum absolute atomic E-state index is 14.1. The van der Waals surface area contributed by atoms with Crippen LogP contribution < -0.4 is 9.62 Å². The molecule has 11 heteroatoms. The summed E-state index contributed by atoms with van der Waals surface area (Å²) in [5.41, 5.74) is -0.640. The van der Waals surface area contributed by atoms with Gasteiger partial charge in [0.2, 0.25) is 5.91 Å². The monoisotopic (exact) mass is 507 g/mol. The van der Waals surface area contributed by atoms with Gasteiger partial charge < -0.3 is 5.32 Å². The highest BCUT2D eigenvalue weighted by molar-refractivity contribution is 9.10. The normalized spacial score (nSPS) is 11.0. The molecule has 0 radical (unpaired) electrons. The number of amides is 1. The largest absolute Gasteiger partial charge is 0.322 e. The van der Waals surface area contributed by atoms with Gasteiger partial charge in [-0.2, -0.15) is 0 Å². The van der Waals surface area contributed by atoms with Crippen molar-refractivity contribution in [1.29, 1.82) is 0 Å². The first-order chi connectivity index (χ1) is 14.7. The molecule has 0 atom stereocenters. The zero-order chi connectivity index (χ0) is 22.6. The summed E-state index contributed by atoms with van der Waals surface area (Å²) < 4.78 is 41.9. The zero-order valence-electron chi connectivity index (χ0n) is 15.7. The number of anilines is 2. The van der Waals surface area contributed by atoms with Crippen LogP contribution >= 0.6 is 15.9 Å². The Kier molecular flexibility index (Phi) is 6.66. The van der Waals surface area contributed by atoms with Gasteiger partial charge in [-0.1, -0.05) is 46.3 Å². The van der Waals surface area contributed by atoms with Gasteiger partial charge in [0, 0.05) is 10.5 Å². The molecule has 3 aromatic rings. The fourth-order valence-electron chi connectivity index (χ4n) is 2.77. The van der Waals surface area contributed by atoms with Crippen molar-refractivity contribution in [3.05, 3.63) is 93.2 Å². The Morgan fingerprint density at radius 3 is 2.35 bits per heavy atom. The van der Waals surface area contributed by atoms with E-state index in [9.17, 15) is 27.7 Å². The van der Waals surface area contributed by atoms with E-state index in [1.54, 1.807) is 18.2 Å². The number of hydrogen-bond acceptors (Lipinski definition) is 5. The smallest absolute Gasteiger partial charge is 0.289 e. The number of hydrogen-bond donors (Lipinski definition) is 1. The first-order valence-electron chi connectivity index (χ1n) is 8.76. The molecule has 0 saturated carbocycles. The van der Waals surface area contributed by atoms with Gasteiger partial charge in [-0.25, -0.2) is 12.8 Å². The molecule has 3 aromatic carbocycles. The summed E-state index contributed by atoms with van der Waals surface area (Å²) >= 11 is 3.11. The van der Waals surface area contributed by atoms with Crippen LogP contribution in [0.25, 0.3) is 0 Å². The lowest BCUT2D eigenvalue weighted by molar-refractivity contribution is -0.387. The van der Waals surface area contributed by atoms with E-state index in [0.29, 0.717) is 4.47 Å². The second-order valence-corrected chi connectivity index (χ2v) is 8.99. The minimum atomic E-state index is -4.50. The van der Waals surface area contributed by atoms with Crippen LogP contribution in [0.5, 0.6) is 0 Å². The predicted octanol–water partition coefficient (Wildman–Crippen LogP) is 4.33. The van der Waals surface area contributed by atoms with Crippen LogP contribution in [0.4, 0.5) is 21.5 Å². The van der Waals surface area contributed by atoms with E-state index in [4.69, 9.17) is 0 Å². The minimum Gasteiger partial charge on any atom is -0.322 e.